The Balaban J connectivity index is 1.86. The van der Waals surface area contributed by atoms with Crippen molar-refractivity contribution in [3.05, 3.63) is 30.3 Å². The highest BCUT2D eigenvalue weighted by atomic mass is 31.2. The topological polar surface area (TPSA) is 163 Å². The average molecular weight is 392 g/mol. The number of aromatic nitrogens is 2. The van der Waals surface area contributed by atoms with Crippen LogP contribution in [0.1, 0.15) is 19.3 Å². The van der Waals surface area contributed by atoms with E-state index in [4.69, 9.17) is 24.3 Å². The van der Waals surface area contributed by atoms with E-state index in [9.17, 15) is 9.13 Å². The number of hydrogen-bond donors (Lipinski definition) is 4. The lowest BCUT2D eigenvalue weighted by molar-refractivity contribution is 0.250. The van der Waals surface area contributed by atoms with Crippen molar-refractivity contribution in [2.75, 3.05) is 6.61 Å². The van der Waals surface area contributed by atoms with E-state index in [0.29, 0.717) is 12.1 Å². The molecule has 10 nitrogen and oxygen atoms in total. The third-order valence-corrected chi connectivity index (χ3v) is 7.25. The molecule has 0 fully saturated rings. The second kappa shape index (κ2) is 8.23. The molecule has 0 saturated carbocycles. The summed E-state index contributed by atoms with van der Waals surface area (Å²) in [4.78, 5) is 36.2. The van der Waals surface area contributed by atoms with Crippen LogP contribution in [0.25, 0.3) is 11.3 Å². The molecular formula is C13H18N2O8P2. The summed E-state index contributed by atoms with van der Waals surface area (Å²) < 4.78 is 32.4. The zero-order chi connectivity index (χ0) is 18.5. The molecule has 4 N–H and O–H groups in total. The highest BCUT2D eigenvalue weighted by Gasteiger charge is 2.42. The molecular weight excluding hydrogens is 374 g/mol. The Bertz CT molecular complexity index is 747. The molecule has 1 aromatic heterocycles. The smallest absolute Gasteiger partial charge is 0.340 e. The largest absolute Gasteiger partial charge is 0.474 e. The van der Waals surface area contributed by atoms with E-state index in [1.807, 2.05) is 18.2 Å². The maximum absolute atomic E-state index is 11.2. The van der Waals surface area contributed by atoms with Crippen molar-refractivity contribution in [2.24, 2.45) is 0 Å². The highest BCUT2D eigenvalue weighted by molar-refractivity contribution is 7.70. The van der Waals surface area contributed by atoms with E-state index in [2.05, 4.69) is 14.9 Å². The fourth-order valence-corrected chi connectivity index (χ4v) is 4.78. The Hall–Kier alpha value is -1.54. The van der Waals surface area contributed by atoms with Crippen LogP contribution >= 0.6 is 15.2 Å². The van der Waals surface area contributed by atoms with Gasteiger partial charge in [-0.3, -0.25) is 9.13 Å². The first-order valence-corrected chi connectivity index (χ1v) is 10.7. The highest BCUT2D eigenvalue weighted by Crippen LogP contribution is 2.61. The zero-order valence-corrected chi connectivity index (χ0v) is 14.8. The summed E-state index contributed by atoms with van der Waals surface area (Å²) in [5.41, 5.74) is 1.17. The summed E-state index contributed by atoms with van der Waals surface area (Å²) in [6, 6.07) is 9.08. The monoisotopic (exact) mass is 392 g/mol. The summed E-state index contributed by atoms with van der Waals surface area (Å²) in [7, 11) is -9.77. The summed E-state index contributed by atoms with van der Waals surface area (Å²) in [6.07, 6.45) is 0.158. The van der Waals surface area contributed by atoms with Crippen molar-refractivity contribution in [3.63, 3.8) is 0 Å². The maximum atomic E-state index is 11.2. The van der Waals surface area contributed by atoms with Crippen molar-refractivity contribution < 1.29 is 38.1 Å². The molecule has 0 aliphatic rings. The van der Waals surface area contributed by atoms with Gasteiger partial charge < -0.3 is 24.3 Å². The van der Waals surface area contributed by atoms with Crippen LogP contribution in [0.5, 0.6) is 5.88 Å². The minimum atomic E-state index is -4.88. The van der Waals surface area contributed by atoms with Gasteiger partial charge in [0.2, 0.25) is 0 Å². The lowest BCUT2D eigenvalue weighted by Crippen LogP contribution is -2.10. The van der Waals surface area contributed by atoms with E-state index in [-0.39, 0.29) is 25.3 Å². The fraction of sp³-hybridized carbons (Fsp3) is 0.385. The first-order chi connectivity index (χ1) is 11.7. The van der Waals surface area contributed by atoms with Gasteiger partial charge in [0.05, 0.1) is 6.61 Å². The quantitative estimate of drug-likeness (QED) is 0.366. The predicted molar refractivity (Wildman–Crippen MR) is 87.0 cm³/mol. The number of hydrogen-bond acceptors (Lipinski definition) is 6. The van der Waals surface area contributed by atoms with Gasteiger partial charge in [-0.15, -0.1) is 0 Å². The van der Waals surface area contributed by atoms with Gasteiger partial charge in [-0.05, 0) is 29.6 Å². The second-order valence-corrected chi connectivity index (χ2v) is 9.30. The van der Waals surface area contributed by atoms with Gasteiger partial charge in [-0.1, -0.05) is 30.3 Å². The number of unbranched alkanes of at least 4 members (excludes halogenated alkanes) is 1. The molecule has 0 saturated heterocycles. The Labute approximate surface area is 143 Å². The molecule has 0 unspecified atom stereocenters. The molecule has 25 heavy (non-hydrogen) atoms. The van der Waals surface area contributed by atoms with Crippen LogP contribution in [0, 0.1) is 0 Å². The van der Waals surface area contributed by atoms with Crippen LogP contribution in [0.15, 0.2) is 35.0 Å². The predicted octanol–water partition coefficient (Wildman–Crippen LogP) is 1.97. The number of nitrogens with zero attached hydrogens (tertiary/aromatic N) is 2. The van der Waals surface area contributed by atoms with Crippen LogP contribution in [0.2, 0.25) is 0 Å². The fourth-order valence-electron chi connectivity index (χ4n) is 2.18. The Morgan fingerprint density at radius 2 is 1.64 bits per heavy atom. The van der Waals surface area contributed by atoms with Crippen molar-refractivity contribution in [1.29, 1.82) is 0 Å². The van der Waals surface area contributed by atoms with Crippen LogP contribution in [0.3, 0.4) is 0 Å². The van der Waals surface area contributed by atoms with Gasteiger partial charge in [0.25, 0.3) is 5.88 Å². The lowest BCUT2D eigenvalue weighted by atomic mass is 10.2. The van der Waals surface area contributed by atoms with Gasteiger partial charge in [-0.2, -0.15) is 0 Å². The molecule has 2 rings (SSSR count). The molecule has 0 atom stereocenters. The Morgan fingerprint density at radius 1 is 1.00 bits per heavy atom. The van der Waals surface area contributed by atoms with Crippen molar-refractivity contribution >= 4 is 15.2 Å². The summed E-state index contributed by atoms with van der Waals surface area (Å²) in [5.74, 6) is 0.174. The van der Waals surface area contributed by atoms with Crippen LogP contribution in [-0.2, 0) is 9.13 Å². The Morgan fingerprint density at radius 3 is 2.24 bits per heavy atom. The van der Waals surface area contributed by atoms with E-state index in [1.165, 1.54) is 0 Å². The van der Waals surface area contributed by atoms with E-state index in [0.717, 1.165) is 5.56 Å². The van der Waals surface area contributed by atoms with Crippen molar-refractivity contribution in [3.8, 4) is 17.1 Å². The van der Waals surface area contributed by atoms with Gasteiger partial charge in [-0.25, -0.2) is 4.63 Å². The molecule has 0 spiro atoms. The van der Waals surface area contributed by atoms with E-state index >= 15 is 0 Å². The van der Waals surface area contributed by atoms with E-state index < -0.39 is 20.6 Å². The van der Waals surface area contributed by atoms with Crippen LogP contribution in [0.4, 0.5) is 0 Å². The van der Waals surface area contributed by atoms with Crippen LogP contribution in [-0.4, -0.2) is 41.9 Å². The number of benzene rings is 1. The molecule has 2 aromatic rings. The Kier molecular flexibility index (Phi) is 6.51. The molecule has 12 heteroatoms. The molecule has 1 heterocycles. The third kappa shape index (κ3) is 5.74. The minimum Gasteiger partial charge on any atom is -0.474 e. The molecule has 0 amide bonds. The minimum absolute atomic E-state index is 0.128. The average Bonchev–Trinajstić information content (AvgIpc) is 2.97. The summed E-state index contributed by atoms with van der Waals surface area (Å²) in [5, 5.41) is 5.42. The van der Waals surface area contributed by atoms with Crippen molar-refractivity contribution in [2.45, 2.75) is 24.7 Å². The SMILES string of the molecule is O=P(O)(O)C(CCCCOc1nonc1-c1ccccc1)P(=O)(O)O. The third-order valence-electron chi connectivity index (χ3n) is 3.38. The molecule has 1 aromatic carbocycles. The van der Waals surface area contributed by atoms with Gasteiger partial charge in [0, 0.05) is 5.56 Å². The van der Waals surface area contributed by atoms with Crippen LogP contribution < -0.4 is 4.74 Å². The van der Waals surface area contributed by atoms with Gasteiger partial charge in [0.15, 0.2) is 11.1 Å². The van der Waals surface area contributed by atoms with Gasteiger partial charge in [0.1, 0.15) is 0 Å². The first-order valence-electron chi connectivity index (χ1n) is 7.31. The van der Waals surface area contributed by atoms with Gasteiger partial charge >= 0.3 is 15.2 Å². The summed E-state index contributed by atoms with van der Waals surface area (Å²) in [6.45, 7) is 0.128. The standard InChI is InChI=1S/C13H18N2O8P2/c16-24(17,18)11(25(19,20)21)8-4-5-9-22-13-12(14-23-15-13)10-6-2-1-3-7-10/h1-3,6-7,11H,4-5,8-9H2,(H2,16,17,18)(H2,19,20,21). The van der Waals surface area contributed by atoms with E-state index in [1.54, 1.807) is 12.1 Å². The maximum Gasteiger partial charge on any atom is 0.340 e. The molecule has 0 radical (unpaired) electrons. The zero-order valence-electron chi connectivity index (χ0n) is 13.0. The van der Waals surface area contributed by atoms with Crippen molar-refractivity contribution in [1.82, 2.24) is 10.3 Å². The second-order valence-electron chi connectivity index (χ2n) is 5.29. The number of ether oxygens (including phenoxy) is 1. The molecule has 0 aliphatic carbocycles. The molecule has 0 aliphatic heterocycles. The normalized spacial score (nSPS) is 12.5. The lowest BCUT2D eigenvalue weighted by Gasteiger charge is -2.19. The first kappa shape index (κ1) is 19.8. The number of rotatable bonds is 9. The molecule has 138 valence electrons. The summed E-state index contributed by atoms with van der Waals surface area (Å²) >= 11 is 0. The molecule has 0 bridgehead atoms.